The Bertz CT molecular complexity index is 438. The lowest BCUT2D eigenvalue weighted by molar-refractivity contribution is -0.152. The predicted molar refractivity (Wildman–Crippen MR) is 81.2 cm³/mol. The van der Waals surface area contributed by atoms with Gasteiger partial charge in [-0.2, -0.15) is 0 Å². The standard InChI is InChI=1S/C16H25NO3/c1-6-12(2)19-14-9-7-8-13(10-14)17-11-15(18)20-16(3,4)5/h7-10,12,17H,6,11H2,1-5H3. The maximum atomic E-state index is 11.6. The first-order valence-corrected chi connectivity index (χ1v) is 7.02. The number of carbonyl (C=O) groups is 1. The minimum Gasteiger partial charge on any atom is -0.491 e. The van der Waals surface area contributed by atoms with Crippen molar-refractivity contribution in [2.24, 2.45) is 0 Å². The van der Waals surface area contributed by atoms with Gasteiger partial charge in [-0.15, -0.1) is 0 Å². The second kappa shape index (κ2) is 7.17. The lowest BCUT2D eigenvalue weighted by Gasteiger charge is -2.20. The van der Waals surface area contributed by atoms with Crippen molar-refractivity contribution < 1.29 is 14.3 Å². The monoisotopic (exact) mass is 279 g/mol. The van der Waals surface area contributed by atoms with Gasteiger partial charge in [0.1, 0.15) is 17.9 Å². The quantitative estimate of drug-likeness (QED) is 0.808. The minimum atomic E-state index is -0.458. The summed E-state index contributed by atoms with van der Waals surface area (Å²) in [6, 6.07) is 7.59. The van der Waals surface area contributed by atoms with E-state index in [4.69, 9.17) is 9.47 Å². The van der Waals surface area contributed by atoms with E-state index in [-0.39, 0.29) is 18.6 Å². The van der Waals surface area contributed by atoms with Crippen LogP contribution in [0.5, 0.6) is 5.75 Å². The lowest BCUT2D eigenvalue weighted by Crippen LogP contribution is -2.28. The van der Waals surface area contributed by atoms with Crippen LogP contribution in [0.4, 0.5) is 5.69 Å². The minimum absolute atomic E-state index is 0.143. The highest BCUT2D eigenvalue weighted by Crippen LogP contribution is 2.19. The normalized spacial score (nSPS) is 12.7. The molecule has 4 nitrogen and oxygen atoms in total. The fourth-order valence-electron chi connectivity index (χ4n) is 1.55. The third-order valence-electron chi connectivity index (χ3n) is 2.60. The molecular weight excluding hydrogens is 254 g/mol. The predicted octanol–water partition coefficient (Wildman–Crippen LogP) is 3.62. The molecule has 4 heteroatoms. The van der Waals surface area contributed by atoms with Gasteiger partial charge in [0.25, 0.3) is 0 Å². The van der Waals surface area contributed by atoms with Crippen molar-refractivity contribution in [1.82, 2.24) is 0 Å². The number of nitrogens with one attached hydrogen (secondary N) is 1. The van der Waals surface area contributed by atoms with Crippen LogP contribution in [-0.4, -0.2) is 24.2 Å². The first-order chi connectivity index (χ1) is 9.30. The average molecular weight is 279 g/mol. The Morgan fingerprint density at radius 3 is 2.65 bits per heavy atom. The van der Waals surface area contributed by atoms with E-state index >= 15 is 0 Å². The van der Waals surface area contributed by atoms with Crippen molar-refractivity contribution in [2.45, 2.75) is 52.7 Å². The molecule has 0 bridgehead atoms. The van der Waals surface area contributed by atoms with Crippen LogP contribution in [0.15, 0.2) is 24.3 Å². The van der Waals surface area contributed by atoms with Crippen molar-refractivity contribution in [1.29, 1.82) is 0 Å². The fourth-order valence-corrected chi connectivity index (χ4v) is 1.55. The van der Waals surface area contributed by atoms with Gasteiger partial charge in [-0.3, -0.25) is 4.79 Å². The molecule has 0 saturated heterocycles. The highest BCUT2D eigenvalue weighted by atomic mass is 16.6. The molecule has 1 aromatic rings. The van der Waals surface area contributed by atoms with Crippen molar-refractivity contribution >= 4 is 11.7 Å². The van der Waals surface area contributed by atoms with E-state index < -0.39 is 5.60 Å². The molecule has 1 unspecified atom stereocenters. The summed E-state index contributed by atoms with van der Waals surface area (Å²) in [7, 11) is 0. The summed E-state index contributed by atoms with van der Waals surface area (Å²) in [5.74, 6) is 0.527. The van der Waals surface area contributed by atoms with Crippen molar-refractivity contribution in [3.05, 3.63) is 24.3 Å². The van der Waals surface area contributed by atoms with Gasteiger partial charge in [0.05, 0.1) is 6.10 Å². The molecule has 0 heterocycles. The molecule has 0 aliphatic rings. The number of hydrogen-bond acceptors (Lipinski definition) is 4. The molecule has 1 aromatic carbocycles. The molecule has 0 radical (unpaired) electrons. The van der Waals surface area contributed by atoms with Crippen LogP contribution in [-0.2, 0) is 9.53 Å². The van der Waals surface area contributed by atoms with Crippen molar-refractivity contribution in [3.63, 3.8) is 0 Å². The Labute approximate surface area is 121 Å². The maximum absolute atomic E-state index is 11.6. The van der Waals surface area contributed by atoms with Gasteiger partial charge in [-0.05, 0) is 46.2 Å². The van der Waals surface area contributed by atoms with E-state index in [9.17, 15) is 4.79 Å². The fraction of sp³-hybridized carbons (Fsp3) is 0.562. The van der Waals surface area contributed by atoms with E-state index in [1.807, 2.05) is 52.0 Å². The molecule has 0 amide bonds. The van der Waals surface area contributed by atoms with Crippen molar-refractivity contribution in [2.75, 3.05) is 11.9 Å². The van der Waals surface area contributed by atoms with E-state index in [0.717, 1.165) is 17.9 Å². The third-order valence-corrected chi connectivity index (χ3v) is 2.60. The van der Waals surface area contributed by atoms with Crippen LogP contribution in [0.25, 0.3) is 0 Å². The summed E-state index contributed by atoms with van der Waals surface area (Å²) in [5.41, 5.74) is 0.386. The summed E-state index contributed by atoms with van der Waals surface area (Å²) >= 11 is 0. The number of anilines is 1. The SMILES string of the molecule is CCC(C)Oc1cccc(NCC(=O)OC(C)(C)C)c1. The second-order valence-corrected chi connectivity index (χ2v) is 5.80. The Balaban J connectivity index is 2.52. The molecule has 1 atom stereocenters. The number of hydrogen-bond donors (Lipinski definition) is 1. The van der Waals surface area contributed by atoms with Crippen LogP contribution >= 0.6 is 0 Å². The highest BCUT2D eigenvalue weighted by molar-refractivity contribution is 5.75. The summed E-state index contributed by atoms with van der Waals surface area (Å²) < 4.78 is 11.0. The summed E-state index contributed by atoms with van der Waals surface area (Å²) in [5, 5.41) is 3.04. The van der Waals surface area contributed by atoms with Crippen LogP contribution in [0.2, 0.25) is 0 Å². The van der Waals surface area contributed by atoms with Gasteiger partial charge in [0, 0.05) is 11.8 Å². The Hall–Kier alpha value is -1.71. The molecule has 0 spiro atoms. The summed E-state index contributed by atoms with van der Waals surface area (Å²) in [4.78, 5) is 11.6. The molecule has 0 aliphatic heterocycles. The largest absolute Gasteiger partial charge is 0.491 e. The van der Waals surface area contributed by atoms with Gasteiger partial charge >= 0.3 is 5.97 Å². The van der Waals surface area contributed by atoms with Gasteiger partial charge in [0.15, 0.2) is 0 Å². The summed E-state index contributed by atoms with van der Waals surface area (Å²) in [6.07, 6.45) is 1.13. The zero-order chi connectivity index (χ0) is 15.2. The van der Waals surface area contributed by atoms with Gasteiger partial charge in [-0.25, -0.2) is 0 Å². The number of benzene rings is 1. The van der Waals surface area contributed by atoms with Gasteiger partial charge in [-0.1, -0.05) is 13.0 Å². The molecule has 0 aliphatic carbocycles. The maximum Gasteiger partial charge on any atom is 0.325 e. The smallest absolute Gasteiger partial charge is 0.325 e. The van der Waals surface area contributed by atoms with Gasteiger partial charge < -0.3 is 14.8 Å². The van der Waals surface area contributed by atoms with Gasteiger partial charge in [0.2, 0.25) is 0 Å². The Morgan fingerprint density at radius 2 is 2.05 bits per heavy atom. The zero-order valence-electron chi connectivity index (χ0n) is 13.0. The summed E-state index contributed by atoms with van der Waals surface area (Å²) in [6.45, 7) is 9.81. The Morgan fingerprint density at radius 1 is 1.35 bits per heavy atom. The topological polar surface area (TPSA) is 47.6 Å². The van der Waals surface area contributed by atoms with E-state index in [0.29, 0.717) is 0 Å². The number of ether oxygens (including phenoxy) is 2. The van der Waals surface area contributed by atoms with Crippen LogP contribution in [0.1, 0.15) is 41.0 Å². The third kappa shape index (κ3) is 6.45. The lowest BCUT2D eigenvalue weighted by atomic mass is 10.2. The van der Waals surface area contributed by atoms with E-state index in [1.54, 1.807) is 0 Å². The van der Waals surface area contributed by atoms with Crippen LogP contribution in [0.3, 0.4) is 0 Å². The molecule has 1 rings (SSSR count). The molecule has 0 saturated carbocycles. The molecular formula is C16H25NO3. The molecule has 112 valence electrons. The number of carbonyl (C=O) groups excluding carboxylic acids is 1. The highest BCUT2D eigenvalue weighted by Gasteiger charge is 2.15. The molecule has 0 aromatic heterocycles. The van der Waals surface area contributed by atoms with Crippen molar-refractivity contribution in [3.8, 4) is 5.75 Å². The molecule has 1 N–H and O–H groups in total. The van der Waals surface area contributed by atoms with E-state index in [1.165, 1.54) is 0 Å². The molecule has 0 fully saturated rings. The van der Waals surface area contributed by atoms with Crippen LogP contribution in [0, 0.1) is 0 Å². The second-order valence-electron chi connectivity index (χ2n) is 5.80. The Kier molecular flexibility index (Phi) is 5.86. The first-order valence-electron chi connectivity index (χ1n) is 7.02. The van der Waals surface area contributed by atoms with E-state index in [2.05, 4.69) is 12.2 Å². The number of esters is 1. The number of rotatable bonds is 6. The zero-order valence-corrected chi connectivity index (χ0v) is 13.0. The molecule has 20 heavy (non-hydrogen) atoms. The first kappa shape index (κ1) is 16.3. The average Bonchev–Trinajstić information content (AvgIpc) is 2.34. The van der Waals surface area contributed by atoms with Crippen LogP contribution < -0.4 is 10.1 Å².